The van der Waals surface area contributed by atoms with Gasteiger partial charge in [-0.3, -0.25) is 14.9 Å². The van der Waals surface area contributed by atoms with Gasteiger partial charge < -0.3 is 5.32 Å². The first kappa shape index (κ1) is 16.0. The molecule has 6 heteroatoms. The minimum absolute atomic E-state index is 0.0395. The Bertz CT molecular complexity index is 661. The van der Waals surface area contributed by atoms with Gasteiger partial charge in [-0.2, -0.15) is 0 Å². The van der Waals surface area contributed by atoms with Crippen LogP contribution in [0.25, 0.3) is 0 Å². The number of nitrogens with one attached hydrogen (secondary N) is 1. The van der Waals surface area contributed by atoms with Crippen molar-refractivity contribution in [3.63, 3.8) is 0 Å². The average Bonchev–Trinajstić information content (AvgIpc) is 2.53. The molecule has 0 saturated carbocycles. The molecule has 0 heterocycles. The van der Waals surface area contributed by atoms with Crippen LogP contribution in [0.2, 0.25) is 0 Å². The summed E-state index contributed by atoms with van der Waals surface area (Å²) in [6.07, 6.45) is 0. The molecule has 2 aromatic carbocycles. The van der Waals surface area contributed by atoms with Gasteiger partial charge in [0.05, 0.1) is 10.2 Å². The molecule has 0 radical (unpaired) electrons. The van der Waals surface area contributed by atoms with Crippen molar-refractivity contribution in [2.24, 2.45) is 0 Å². The van der Waals surface area contributed by atoms with E-state index in [2.05, 4.69) is 5.32 Å². The Morgan fingerprint density at radius 2 is 1.95 bits per heavy atom. The topological polar surface area (TPSA) is 72.2 Å². The third-order valence-electron chi connectivity index (χ3n) is 3.04. The van der Waals surface area contributed by atoms with Gasteiger partial charge in [-0.1, -0.05) is 36.4 Å². The molecule has 22 heavy (non-hydrogen) atoms. The summed E-state index contributed by atoms with van der Waals surface area (Å²) in [5.74, 6) is 0.575. The van der Waals surface area contributed by atoms with Crippen LogP contribution >= 0.6 is 11.8 Å². The zero-order valence-electron chi connectivity index (χ0n) is 12.1. The number of anilines is 1. The number of thioether (sulfide) groups is 1. The van der Waals surface area contributed by atoms with Gasteiger partial charge in [0.15, 0.2) is 0 Å². The van der Waals surface area contributed by atoms with E-state index in [1.165, 1.54) is 23.9 Å². The molecule has 0 saturated heterocycles. The highest BCUT2D eigenvalue weighted by atomic mass is 32.2. The first-order chi connectivity index (χ1) is 10.6. The monoisotopic (exact) mass is 316 g/mol. The maximum Gasteiger partial charge on any atom is 0.271 e. The summed E-state index contributed by atoms with van der Waals surface area (Å²) in [5, 5.41) is 13.2. The van der Waals surface area contributed by atoms with Crippen LogP contribution < -0.4 is 5.32 Å². The number of nitrogens with zero attached hydrogens (tertiary/aromatic N) is 1. The number of nitro groups is 1. The molecule has 0 aliphatic rings. The van der Waals surface area contributed by atoms with E-state index in [1.807, 2.05) is 37.3 Å². The van der Waals surface area contributed by atoms with Crippen molar-refractivity contribution in [1.82, 2.24) is 0 Å². The minimum Gasteiger partial charge on any atom is -0.325 e. The van der Waals surface area contributed by atoms with Crippen molar-refractivity contribution in [1.29, 1.82) is 0 Å². The van der Waals surface area contributed by atoms with Crippen LogP contribution in [0.1, 0.15) is 12.5 Å². The maximum atomic E-state index is 12.1. The quantitative estimate of drug-likeness (QED) is 0.649. The molecule has 0 unspecified atom stereocenters. The number of nitro benzene ring substituents is 1. The third kappa shape index (κ3) is 4.60. The molecule has 1 N–H and O–H groups in total. The summed E-state index contributed by atoms with van der Waals surface area (Å²) < 4.78 is 0. The number of amides is 1. The van der Waals surface area contributed by atoms with Gasteiger partial charge in [0, 0.05) is 23.6 Å². The zero-order valence-corrected chi connectivity index (χ0v) is 12.9. The fourth-order valence-corrected chi connectivity index (χ4v) is 2.66. The van der Waals surface area contributed by atoms with Gasteiger partial charge in [-0.05, 0) is 18.6 Å². The van der Waals surface area contributed by atoms with Crippen LogP contribution in [0.5, 0.6) is 0 Å². The number of carbonyl (C=O) groups is 1. The molecule has 0 fully saturated rings. The highest BCUT2D eigenvalue weighted by molar-refractivity contribution is 7.99. The molecule has 0 spiro atoms. The first-order valence-electron chi connectivity index (χ1n) is 6.77. The molecule has 0 bridgehead atoms. The summed E-state index contributed by atoms with van der Waals surface area (Å²) in [5.41, 5.74) is 1.55. The lowest BCUT2D eigenvalue weighted by Gasteiger charge is -2.12. The number of rotatable bonds is 6. The van der Waals surface area contributed by atoms with Gasteiger partial charge in [-0.25, -0.2) is 0 Å². The van der Waals surface area contributed by atoms with E-state index in [-0.39, 0.29) is 16.8 Å². The van der Waals surface area contributed by atoms with Crippen molar-refractivity contribution in [2.75, 3.05) is 5.32 Å². The van der Waals surface area contributed by atoms with Crippen molar-refractivity contribution in [2.45, 2.75) is 17.9 Å². The van der Waals surface area contributed by atoms with Crippen LogP contribution in [0.15, 0.2) is 54.6 Å². The SMILES string of the molecule is C[C@H](SCc1ccccc1)C(=O)Nc1cccc([N+](=O)[O-])c1. The number of hydrogen-bond donors (Lipinski definition) is 1. The van der Waals surface area contributed by atoms with Crippen LogP contribution in [-0.4, -0.2) is 16.1 Å². The Hall–Kier alpha value is -2.34. The first-order valence-corrected chi connectivity index (χ1v) is 7.82. The summed E-state index contributed by atoms with van der Waals surface area (Å²) in [6, 6.07) is 15.8. The Kier molecular flexibility index (Phi) is 5.55. The summed E-state index contributed by atoms with van der Waals surface area (Å²) in [4.78, 5) is 22.4. The normalized spacial score (nSPS) is 11.7. The largest absolute Gasteiger partial charge is 0.325 e. The molecule has 0 aliphatic carbocycles. The Morgan fingerprint density at radius 3 is 2.64 bits per heavy atom. The van der Waals surface area contributed by atoms with E-state index in [4.69, 9.17) is 0 Å². The summed E-state index contributed by atoms with van der Waals surface area (Å²) in [7, 11) is 0. The van der Waals surface area contributed by atoms with Crippen LogP contribution in [0.4, 0.5) is 11.4 Å². The van der Waals surface area contributed by atoms with Crippen LogP contribution in [0, 0.1) is 10.1 Å². The Labute approximate surface area is 132 Å². The Balaban J connectivity index is 1.91. The highest BCUT2D eigenvalue weighted by Gasteiger charge is 2.15. The molecule has 0 aromatic heterocycles. The highest BCUT2D eigenvalue weighted by Crippen LogP contribution is 2.21. The lowest BCUT2D eigenvalue weighted by molar-refractivity contribution is -0.384. The number of non-ortho nitro benzene ring substituents is 1. The zero-order chi connectivity index (χ0) is 15.9. The molecule has 5 nitrogen and oxygen atoms in total. The van der Waals surface area contributed by atoms with Crippen molar-refractivity contribution in [3.8, 4) is 0 Å². The van der Waals surface area contributed by atoms with E-state index in [1.54, 1.807) is 12.1 Å². The fourth-order valence-electron chi connectivity index (χ4n) is 1.81. The second kappa shape index (κ2) is 7.61. The third-order valence-corrected chi connectivity index (χ3v) is 4.25. The maximum absolute atomic E-state index is 12.1. The van der Waals surface area contributed by atoms with E-state index in [0.29, 0.717) is 5.69 Å². The average molecular weight is 316 g/mol. The molecule has 114 valence electrons. The van der Waals surface area contributed by atoms with Gasteiger partial charge in [-0.15, -0.1) is 11.8 Å². The van der Waals surface area contributed by atoms with Crippen molar-refractivity contribution in [3.05, 3.63) is 70.3 Å². The Morgan fingerprint density at radius 1 is 1.23 bits per heavy atom. The van der Waals surface area contributed by atoms with Gasteiger partial charge in [0.1, 0.15) is 0 Å². The second-order valence-corrected chi connectivity index (χ2v) is 6.06. The van der Waals surface area contributed by atoms with Crippen molar-refractivity contribution >= 4 is 29.0 Å². The van der Waals surface area contributed by atoms with Crippen LogP contribution in [-0.2, 0) is 10.5 Å². The van der Waals surface area contributed by atoms with Gasteiger partial charge in [0.25, 0.3) is 5.69 Å². The number of carbonyl (C=O) groups excluding carboxylic acids is 1. The fraction of sp³-hybridized carbons (Fsp3) is 0.188. The molecular formula is C16H16N2O3S. The number of hydrogen-bond acceptors (Lipinski definition) is 4. The van der Waals surface area contributed by atoms with Crippen LogP contribution in [0.3, 0.4) is 0 Å². The standard InChI is InChI=1S/C16H16N2O3S/c1-12(22-11-13-6-3-2-4-7-13)16(19)17-14-8-5-9-15(10-14)18(20)21/h2-10,12H,11H2,1H3,(H,17,19)/t12-/m0/s1. The smallest absolute Gasteiger partial charge is 0.271 e. The van der Waals surface area contributed by atoms with Crippen molar-refractivity contribution < 1.29 is 9.72 Å². The number of benzene rings is 2. The van der Waals surface area contributed by atoms with E-state index >= 15 is 0 Å². The van der Waals surface area contributed by atoms with Gasteiger partial charge >= 0.3 is 0 Å². The van der Waals surface area contributed by atoms with E-state index in [0.717, 1.165) is 11.3 Å². The molecular weight excluding hydrogens is 300 g/mol. The van der Waals surface area contributed by atoms with Gasteiger partial charge in [0.2, 0.25) is 5.91 Å². The lowest BCUT2D eigenvalue weighted by Crippen LogP contribution is -2.22. The summed E-state index contributed by atoms with van der Waals surface area (Å²) in [6.45, 7) is 1.82. The predicted octanol–water partition coefficient (Wildman–Crippen LogP) is 3.86. The predicted molar refractivity (Wildman–Crippen MR) is 88.9 cm³/mol. The molecule has 1 atom stereocenters. The molecule has 2 aromatic rings. The summed E-state index contributed by atoms with van der Waals surface area (Å²) >= 11 is 1.52. The lowest BCUT2D eigenvalue weighted by atomic mass is 10.2. The molecule has 1 amide bonds. The minimum atomic E-state index is -0.483. The van der Waals surface area contributed by atoms with E-state index < -0.39 is 4.92 Å². The van der Waals surface area contributed by atoms with E-state index in [9.17, 15) is 14.9 Å². The second-order valence-electron chi connectivity index (χ2n) is 4.74. The molecule has 0 aliphatic heterocycles. The molecule has 2 rings (SSSR count).